The molecule has 10 heteroatoms. The standard InChI is InChI=1S/C8H11NO5S.O2S/c10-8(6-14-15(11,12)13)9-7-4-2-1-3-5-7;1-3-2/h1-5,8-10H,6H2,(H,11,12,13);. The fourth-order valence-electron chi connectivity index (χ4n) is 0.919. The van der Waals surface area contributed by atoms with Crippen LogP contribution in [0.1, 0.15) is 0 Å². The van der Waals surface area contributed by atoms with Gasteiger partial charge in [0.25, 0.3) is 0 Å². The van der Waals surface area contributed by atoms with E-state index in [-0.39, 0.29) is 0 Å². The lowest BCUT2D eigenvalue weighted by molar-refractivity contribution is 0.124. The monoisotopic (exact) mass is 297 g/mol. The second-order valence-electron chi connectivity index (χ2n) is 2.81. The van der Waals surface area contributed by atoms with Gasteiger partial charge in [-0.05, 0) is 12.1 Å². The van der Waals surface area contributed by atoms with Crippen LogP contribution in [0.4, 0.5) is 5.69 Å². The topological polar surface area (TPSA) is 130 Å². The molecule has 0 aliphatic carbocycles. The third kappa shape index (κ3) is 9.86. The van der Waals surface area contributed by atoms with E-state index in [0.29, 0.717) is 5.69 Å². The third-order valence-electron chi connectivity index (χ3n) is 1.48. The van der Waals surface area contributed by atoms with Crippen molar-refractivity contribution in [3.8, 4) is 0 Å². The molecule has 0 radical (unpaired) electrons. The van der Waals surface area contributed by atoms with Gasteiger partial charge in [-0.25, -0.2) is 4.18 Å². The highest BCUT2D eigenvalue weighted by molar-refractivity contribution is 7.80. The van der Waals surface area contributed by atoms with E-state index >= 15 is 0 Å². The maximum atomic E-state index is 10.2. The summed E-state index contributed by atoms with van der Waals surface area (Å²) in [4.78, 5) is 0. The van der Waals surface area contributed by atoms with Gasteiger partial charge in [-0.2, -0.15) is 16.8 Å². The van der Waals surface area contributed by atoms with Crippen molar-refractivity contribution in [3.05, 3.63) is 30.3 Å². The molecule has 0 saturated heterocycles. The molecule has 1 unspecified atom stereocenters. The van der Waals surface area contributed by atoms with Crippen LogP contribution in [0.5, 0.6) is 0 Å². The predicted octanol–water partition coefficient (Wildman–Crippen LogP) is -0.434. The number of para-hydroxylation sites is 1. The lowest BCUT2D eigenvalue weighted by Gasteiger charge is -2.12. The number of rotatable bonds is 5. The molecule has 0 bridgehead atoms. The molecule has 1 rings (SSSR count). The molecule has 0 fully saturated rings. The molecule has 3 N–H and O–H groups in total. The van der Waals surface area contributed by atoms with Gasteiger partial charge in [0.05, 0.1) is 0 Å². The van der Waals surface area contributed by atoms with E-state index in [9.17, 15) is 13.5 Å². The van der Waals surface area contributed by atoms with E-state index in [1.54, 1.807) is 30.3 Å². The van der Waals surface area contributed by atoms with Crippen LogP contribution in [0, 0.1) is 0 Å². The maximum absolute atomic E-state index is 10.2. The molecule has 1 atom stereocenters. The molecule has 1 aromatic carbocycles. The van der Waals surface area contributed by atoms with Crippen LogP contribution in [-0.4, -0.2) is 39.3 Å². The first-order chi connectivity index (χ1) is 8.39. The highest BCUT2D eigenvalue weighted by Gasteiger charge is 2.10. The van der Waals surface area contributed by atoms with E-state index in [0.717, 1.165) is 0 Å². The molecule has 0 heterocycles. The number of hydrogen-bond donors (Lipinski definition) is 3. The fourth-order valence-corrected chi connectivity index (χ4v) is 1.22. The van der Waals surface area contributed by atoms with Gasteiger partial charge in [0.2, 0.25) is 0 Å². The smallest absolute Gasteiger partial charge is 0.371 e. The minimum absolute atomic E-state index is 0.562. The van der Waals surface area contributed by atoms with E-state index in [4.69, 9.17) is 13.0 Å². The Morgan fingerprint density at radius 2 is 1.78 bits per heavy atom. The van der Waals surface area contributed by atoms with Crippen LogP contribution >= 0.6 is 0 Å². The molecule has 0 saturated carbocycles. The second-order valence-corrected chi connectivity index (χ2v) is 4.03. The molecule has 0 aromatic heterocycles. The molecule has 0 spiro atoms. The predicted molar refractivity (Wildman–Crippen MR) is 62.5 cm³/mol. The minimum atomic E-state index is -4.51. The van der Waals surface area contributed by atoms with Gasteiger partial charge < -0.3 is 10.4 Å². The summed E-state index contributed by atoms with van der Waals surface area (Å²) in [5.41, 5.74) is 0.615. The number of hydrogen-bond acceptors (Lipinski definition) is 7. The van der Waals surface area contributed by atoms with Gasteiger partial charge in [-0.3, -0.25) is 4.55 Å². The summed E-state index contributed by atoms with van der Waals surface area (Å²) in [7, 11) is -4.51. The zero-order valence-corrected chi connectivity index (χ0v) is 10.6. The van der Waals surface area contributed by atoms with Crippen molar-refractivity contribution in [2.45, 2.75) is 6.23 Å². The van der Waals surface area contributed by atoms with Crippen LogP contribution in [0.3, 0.4) is 0 Å². The van der Waals surface area contributed by atoms with E-state index in [2.05, 4.69) is 9.50 Å². The van der Waals surface area contributed by atoms with Crippen LogP contribution in [0.25, 0.3) is 0 Å². The van der Waals surface area contributed by atoms with Gasteiger partial charge in [0.1, 0.15) is 12.8 Å². The molecule has 1 aromatic rings. The summed E-state index contributed by atoms with van der Waals surface area (Å²) in [6, 6.07) is 8.68. The first kappa shape index (κ1) is 16.7. The zero-order valence-electron chi connectivity index (χ0n) is 8.92. The van der Waals surface area contributed by atoms with Gasteiger partial charge in [-0.1, -0.05) is 18.2 Å². The Bertz CT molecular complexity index is 469. The van der Waals surface area contributed by atoms with E-state index in [1.165, 1.54) is 0 Å². The Morgan fingerprint density at radius 3 is 2.22 bits per heavy atom. The van der Waals surface area contributed by atoms with Crippen LogP contribution in [0.2, 0.25) is 0 Å². The lowest BCUT2D eigenvalue weighted by Crippen LogP contribution is -2.26. The quantitative estimate of drug-likeness (QED) is 0.493. The minimum Gasteiger partial charge on any atom is -0.371 e. The van der Waals surface area contributed by atoms with Gasteiger partial charge in [0.15, 0.2) is 0 Å². The van der Waals surface area contributed by atoms with Crippen molar-refractivity contribution in [2.24, 2.45) is 0 Å². The van der Waals surface area contributed by atoms with Crippen molar-refractivity contribution in [3.63, 3.8) is 0 Å². The van der Waals surface area contributed by atoms with Crippen molar-refractivity contribution in [2.75, 3.05) is 11.9 Å². The van der Waals surface area contributed by atoms with Gasteiger partial charge >= 0.3 is 22.0 Å². The van der Waals surface area contributed by atoms with Crippen LogP contribution in [0.15, 0.2) is 30.3 Å². The normalized spacial score (nSPS) is 11.9. The van der Waals surface area contributed by atoms with Crippen LogP contribution in [-0.2, 0) is 26.2 Å². The van der Waals surface area contributed by atoms with E-state index in [1.807, 2.05) is 0 Å². The lowest BCUT2D eigenvalue weighted by atomic mass is 10.3. The number of benzene rings is 1. The summed E-state index contributed by atoms with van der Waals surface area (Å²) in [6.45, 7) is -0.562. The Morgan fingerprint density at radius 1 is 1.28 bits per heavy atom. The van der Waals surface area contributed by atoms with Crippen LogP contribution < -0.4 is 5.32 Å². The first-order valence-electron chi connectivity index (χ1n) is 4.42. The van der Waals surface area contributed by atoms with Crippen molar-refractivity contribution < 1.29 is 30.7 Å². The van der Waals surface area contributed by atoms with Crippen molar-refractivity contribution >= 4 is 27.7 Å². The maximum Gasteiger partial charge on any atom is 0.397 e. The molecule has 18 heavy (non-hydrogen) atoms. The zero-order chi connectivity index (χ0) is 14.0. The first-order valence-corrected chi connectivity index (χ1v) is 6.45. The third-order valence-corrected chi connectivity index (χ3v) is 1.92. The Balaban J connectivity index is 0.000000873. The highest BCUT2D eigenvalue weighted by atomic mass is 32.3. The molecule has 102 valence electrons. The average molecular weight is 297 g/mol. The second kappa shape index (κ2) is 8.72. The van der Waals surface area contributed by atoms with Crippen molar-refractivity contribution in [1.29, 1.82) is 0 Å². The fraction of sp³-hybridized carbons (Fsp3) is 0.250. The SMILES string of the molecule is O=S(=O)(O)OCC(O)Nc1ccccc1.O=S=O. The van der Waals surface area contributed by atoms with Gasteiger partial charge in [-0.15, -0.1) is 0 Å². The summed E-state index contributed by atoms with van der Waals surface area (Å²) >= 11 is -0.750. The Hall–Kier alpha value is -1.33. The summed E-state index contributed by atoms with van der Waals surface area (Å²) < 4.78 is 49.2. The summed E-state index contributed by atoms with van der Waals surface area (Å²) in [5, 5.41) is 11.8. The molecular formula is C8H11NO7S2. The Kier molecular flexibility index (Phi) is 8.07. The summed E-state index contributed by atoms with van der Waals surface area (Å²) in [5.74, 6) is 0. The molecule has 8 nitrogen and oxygen atoms in total. The molecular weight excluding hydrogens is 286 g/mol. The van der Waals surface area contributed by atoms with Crippen molar-refractivity contribution in [1.82, 2.24) is 0 Å². The number of aliphatic hydroxyl groups is 1. The number of nitrogens with one attached hydrogen (secondary N) is 1. The average Bonchev–Trinajstić information content (AvgIpc) is 2.28. The summed E-state index contributed by atoms with van der Waals surface area (Å²) in [6.07, 6.45) is -1.21. The van der Waals surface area contributed by atoms with E-state index < -0.39 is 34.8 Å². The number of aliphatic hydroxyl groups excluding tert-OH is 1. The molecule has 0 aliphatic rings. The Labute approximate surface area is 107 Å². The molecule has 0 amide bonds. The van der Waals surface area contributed by atoms with Gasteiger partial charge in [0, 0.05) is 5.69 Å². The largest absolute Gasteiger partial charge is 0.397 e. The highest BCUT2D eigenvalue weighted by Crippen LogP contribution is 2.06. The number of anilines is 1. The molecule has 0 aliphatic heterocycles.